The van der Waals surface area contributed by atoms with E-state index >= 15 is 0 Å². The lowest BCUT2D eigenvalue weighted by molar-refractivity contribution is -0.146. The number of hydrogen-bond donors (Lipinski definition) is 1. The average molecular weight is 267 g/mol. The van der Waals surface area contributed by atoms with Crippen LogP contribution in [0.2, 0.25) is 5.02 Å². The van der Waals surface area contributed by atoms with E-state index in [0.717, 1.165) is 0 Å². The first kappa shape index (κ1) is 12.6. The fourth-order valence-corrected chi connectivity index (χ4v) is 1.75. The molecule has 1 amide bonds. The van der Waals surface area contributed by atoms with Crippen molar-refractivity contribution in [1.29, 1.82) is 0 Å². The monoisotopic (exact) mass is 266 g/mol. The topological polar surface area (TPSA) is 67.8 Å². The Morgan fingerprint density at radius 2 is 2.33 bits per heavy atom. The van der Waals surface area contributed by atoms with Gasteiger partial charge in [0.25, 0.3) is 5.91 Å². The maximum absolute atomic E-state index is 11.8. The van der Waals surface area contributed by atoms with Gasteiger partial charge in [-0.3, -0.25) is 9.79 Å². The summed E-state index contributed by atoms with van der Waals surface area (Å²) in [5, 5.41) is 3.15. The summed E-state index contributed by atoms with van der Waals surface area (Å²) in [4.78, 5) is 27.3. The quantitative estimate of drug-likeness (QED) is 0.654. The minimum absolute atomic E-state index is 0.205. The first-order valence-corrected chi connectivity index (χ1v) is 5.80. The second kappa shape index (κ2) is 5.18. The van der Waals surface area contributed by atoms with Crippen molar-refractivity contribution in [3.8, 4) is 0 Å². The SMILES string of the molecule is CCOC(=O)[C@@H]1N=Cc2cc(Cl)ccc2NC1=O. The van der Waals surface area contributed by atoms with Crippen LogP contribution in [0.25, 0.3) is 0 Å². The Labute approximate surface area is 109 Å². The van der Waals surface area contributed by atoms with Crippen LogP contribution in [0.1, 0.15) is 12.5 Å². The summed E-state index contributed by atoms with van der Waals surface area (Å²) in [6.45, 7) is 1.88. The van der Waals surface area contributed by atoms with Gasteiger partial charge in [-0.1, -0.05) is 11.6 Å². The molecule has 0 saturated carbocycles. The van der Waals surface area contributed by atoms with E-state index in [1.807, 2.05) is 0 Å². The predicted octanol–water partition coefficient (Wildman–Crippen LogP) is 1.64. The third kappa shape index (κ3) is 2.51. The van der Waals surface area contributed by atoms with Crippen molar-refractivity contribution in [2.45, 2.75) is 13.0 Å². The van der Waals surface area contributed by atoms with Crippen LogP contribution in [0.15, 0.2) is 23.2 Å². The van der Waals surface area contributed by atoms with Crippen molar-refractivity contribution in [1.82, 2.24) is 0 Å². The molecule has 1 atom stereocenters. The maximum atomic E-state index is 11.8. The van der Waals surface area contributed by atoms with Gasteiger partial charge in [0.2, 0.25) is 6.04 Å². The van der Waals surface area contributed by atoms with E-state index in [1.165, 1.54) is 6.21 Å². The van der Waals surface area contributed by atoms with Gasteiger partial charge < -0.3 is 10.1 Å². The lowest BCUT2D eigenvalue weighted by Crippen LogP contribution is -2.34. The zero-order chi connectivity index (χ0) is 13.1. The Morgan fingerprint density at radius 1 is 1.56 bits per heavy atom. The Morgan fingerprint density at radius 3 is 3.06 bits per heavy atom. The molecular weight excluding hydrogens is 256 g/mol. The number of amides is 1. The van der Waals surface area contributed by atoms with Gasteiger partial charge in [-0.05, 0) is 25.1 Å². The maximum Gasteiger partial charge on any atom is 0.340 e. The number of ether oxygens (including phenoxy) is 1. The smallest absolute Gasteiger partial charge is 0.340 e. The first-order valence-electron chi connectivity index (χ1n) is 5.42. The van der Waals surface area contributed by atoms with E-state index in [2.05, 4.69) is 10.3 Å². The summed E-state index contributed by atoms with van der Waals surface area (Å²) in [6, 6.07) is 3.80. The summed E-state index contributed by atoms with van der Waals surface area (Å²) in [5.74, 6) is -1.17. The molecule has 5 nitrogen and oxygen atoms in total. The van der Waals surface area contributed by atoms with Gasteiger partial charge in [0.05, 0.1) is 6.61 Å². The molecule has 1 aromatic rings. The number of anilines is 1. The molecular formula is C12H11ClN2O3. The lowest BCUT2D eigenvalue weighted by atomic mass is 10.2. The molecule has 18 heavy (non-hydrogen) atoms. The molecule has 0 aliphatic carbocycles. The van der Waals surface area contributed by atoms with Gasteiger partial charge >= 0.3 is 5.97 Å². The van der Waals surface area contributed by atoms with Crippen LogP contribution in [-0.4, -0.2) is 30.7 Å². The molecule has 0 spiro atoms. The van der Waals surface area contributed by atoms with E-state index in [0.29, 0.717) is 16.3 Å². The van der Waals surface area contributed by atoms with Gasteiger partial charge in [-0.25, -0.2) is 4.79 Å². The molecule has 0 saturated heterocycles. The van der Waals surface area contributed by atoms with Crippen molar-refractivity contribution in [2.75, 3.05) is 11.9 Å². The van der Waals surface area contributed by atoms with Crippen molar-refractivity contribution in [2.24, 2.45) is 4.99 Å². The number of aliphatic imine (C=N–C) groups is 1. The molecule has 2 rings (SSSR count). The van der Waals surface area contributed by atoms with Crippen molar-refractivity contribution in [3.05, 3.63) is 28.8 Å². The molecule has 94 valence electrons. The van der Waals surface area contributed by atoms with Crippen LogP contribution in [-0.2, 0) is 14.3 Å². The summed E-state index contributed by atoms with van der Waals surface area (Å²) < 4.78 is 4.79. The largest absolute Gasteiger partial charge is 0.464 e. The summed E-state index contributed by atoms with van der Waals surface area (Å²) in [6.07, 6.45) is 1.45. The highest BCUT2D eigenvalue weighted by atomic mass is 35.5. The second-order valence-corrected chi connectivity index (χ2v) is 4.09. The molecule has 1 heterocycles. The molecule has 0 aromatic heterocycles. The first-order chi connectivity index (χ1) is 8.61. The van der Waals surface area contributed by atoms with Gasteiger partial charge in [0, 0.05) is 22.5 Å². The summed E-state index contributed by atoms with van der Waals surface area (Å²) in [7, 11) is 0. The van der Waals surface area contributed by atoms with Gasteiger partial charge in [-0.15, -0.1) is 0 Å². The van der Waals surface area contributed by atoms with Gasteiger partial charge in [0.15, 0.2) is 0 Å². The molecule has 1 aliphatic rings. The van der Waals surface area contributed by atoms with Crippen molar-refractivity contribution >= 4 is 35.4 Å². The van der Waals surface area contributed by atoms with Crippen LogP contribution >= 0.6 is 11.6 Å². The molecule has 1 N–H and O–H groups in total. The minimum Gasteiger partial charge on any atom is -0.464 e. The number of carbonyl (C=O) groups is 2. The van der Waals surface area contributed by atoms with Crippen LogP contribution < -0.4 is 5.32 Å². The van der Waals surface area contributed by atoms with Crippen LogP contribution in [0.3, 0.4) is 0 Å². The fourth-order valence-electron chi connectivity index (χ4n) is 1.57. The van der Waals surface area contributed by atoms with E-state index < -0.39 is 17.9 Å². The third-order valence-corrected chi connectivity index (χ3v) is 2.63. The molecule has 1 aliphatic heterocycles. The Balaban J connectivity index is 2.30. The number of fused-ring (bicyclic) bond motifs is 1. The van der Waals surface area contributed by atoms with Crippen LogP contribution in [0.5, 0.6) is 0 Å². The number of halogens is 1. The third-order valence-electron chi connectivity index (χ3n) is 2.39. The summed E-state index contributed by atoms with van der Waals surface area (Å²) >= 11 is 5.85. The van der Waals surface area contributed by atoms with E-state index in [4.69, 9.17) is 16.3 Å². The van der Waals surface area contributed by atoms with Crippen molar-refractivity contribution < 1.29 is 14.3 Å². The molecule has 0 radical (unpaired) electrons. The number of esters is 1. The summed E-state index contributed by atoms with van der Waals surface area (Å²) in [5.41, 5.74) is 1.22. The number of nitrogens with zero attached hydrogens (tertiary/aromatic N) is 1. The second-order valence-electron chi connectivity index (χ2n) is 3.65. The normalized spacial score (nSPS) is 17.7. The van der Waals surface area contributed by atoms with E-state index in [9.17, 15) is 9.59 Å². The molecule has 0 fully saturated rings. The van der Waals surface area contributed by atoms with Crippen molar-refractivity contribution in [3.63, 3.8) is 0 Å². The number of carbonyl (C=O) groups excluding carboxylic acids is 2. The Hall–Kier alpha value is -1.88. The molecule has 1 aromatic carbocycles. The van der Waals surface area contributed by atoms with E-state index in [-0.39, 0.29) is 6.61 Å². The number of benzene rings is 1. The van der Waals surface area contributed by atoms with Crippen LogP contribution in [0.4, 0.5) is 5.69 Å². The highest BCUT2D eigenvalue weighted by Crippen LogP contribution is 2.21. The van der Waals surface area contributed by atoms with E-state index in [1.54, 1.807) is 25.1 Å². The predicted molar refractivity (Wildman–Crippen MR) is 68.1 cm³/mol. The van der Waals surface area contributed by atoms with Gasteiger partial charge in [0.1, 0.15) is 0 Å². The molecule has 0 unspecified atom stereocenters. The van der Waals surface area contributed by atoms with Gasteiger partial charge in [-0.2, -0.15) is 0 Å². The molecule has 0 bridgehead atoms. The zero-order valence-electron chi connectivity index (χ0n) is 9.64. The fraction of sp³-hybridized carbons (Fsp3) is 0.250. The number of hydrogen-bond acceptors (Lipinski definition) is 4. The standard InChI is InChI=1S/C12H11ClN2O3/c1-2-18-12(17)10-11(16)15-9-4-3-8(13)5-7(9)6-14-10/h3-6,10H,2H2,1H3,(H,15,16)/t10-/m1/s1. The molecule has 6 heteroatoms. The lowest BCUT2D eigenvalue weighted by Gasteiger charge is -2.09. The number of benzodiazepines with no additional fused rings is 1. The number of nitrogens with one attached hydrogen (secondary N) is 1. The highest BCUT2D eigenvalue weighted by molar-refractivity contribution is 6.31. The average Bonchev–Trinajstić information content (AvgIpc) is 2.48. The highest BCUT2D eigenvalue weighted by Gasteiger charge is 2.29. The Kier molecular flexibility index (Phi) is 3.62. The zero-order valence-corrected chi connectivity index (χ0v) is 10.4. The number of rotatable bonds is 2. The van der Waals surface area contributed by atoms with Crippen LogP contribution in [0, 0.1) is 0 Å². The Bertz CT molecular complexity index is 528. The minimum atomic E-state index is -1.17.